The first-order valence-electron chi connectivity index (χ1n) is 13.1. The minimum atomic E-state index is -0.359. The number of amides is 1. The van der Waals surface area contributed by atoms with Crippen LogP contribution in [-0.2, 0) is 26.6 Å². The van der Waals surface area contributed by atoms with Gasteiger partial charge in [0, 0.05) is 43.5 Å². The Kier molecular flexibility index (Phi) is 6.83. The number of hydrogen-bond acceptors (Lipinski definition) is 6. The molecule has 2 aromatic heterocycles. The molecule has 0 atom stereocenters. The van der Waals surface area contributed by atoms with E-state index in [1.807, 2.05) is 55.9 Å². The predicted octanol–water partition coefficient (Wildman–Crippen LogP) is 6.14. The van der Waals surface area contributed by atoms with Crippen molar-refractivity contribution in [3.8, 4) is 22.6 Å². The summed E-state index contributed by atoms with van der Waals surface area (Å²) in [6.07, 6.45) is 0.829. The number of aliphatic hydroxyl groups is 1. The number of aliphatic hydroxyl groups excluding tert-OH is 1. The van der Waals surface area contributed by atoms with Gasteiger partial charge in [0.05, 0.1) is 23.9 Å². The van der Waals surface area contributed by atoms with Gasteiger partial charge in [0.2, 0.25) is 11.6 Å². The van der Waals surface area contributed by atoms with Gasteiger partial charge in [0.1, 0.15) is 5.52 Å². The van der Waals surface area contributed by atoms with Crippen LogP contribution >= 0.6 is 11.6 Å². The van der Waals surface area contributed by atoms with Gasteiger partial charge in [0.25, 0.3) is 5.91 Å². The van der Waals surface area contributed by atoms with E-state index in [9.17, 15) is 9.90 Å². The van der Waals surface area contributed by atoms with E-state index in [1.165, 1.54) is 0 Å². The number of nitrogens with zero attached hydrogens (tertiary/aromatic N) is 5. The molecule has 2 N–H and O–H groups in total. The number of imidazole rings is 1. The van der Waals surface area contributed by atoms with E-state index in [0.717, 1.165) is 41.0 Å². The molecule has 41 heavy (non-hydrogen) atoms. The lowest BCUT2D eigenvalue weighted by Gasteiger charge is -2.21. The SMILES string of the molecule is [C-]#[N+]c1c(NC(=O)c2nc3c(n2C)CCN(C)C3)cccc1-c1cccc(-c2nc3cc(CO)cc(Cl)c3o2)c1C. The van der Waals surface area contributed by atoms with E-state index in [-0.39, 0.29) is 12.5 Å². The fourth-order valence-corrected chi connectivity index (χ4v) is 5.71. The van der Waals surface area contributed by atoms with E-state index in [0.29, 0.717) is 56.9 Å². The van der Waals surface area contributed by atoms with Crippen molar-refractivity contribution >= 4 is 40.0 Å². The van der Waals surface area contributed by atoms with Crippen molar-refractivity contribution in [2.75, 3.05) is 18.9 Å². The molecule has 0 unspecified atom stereocenters. The third-order valence-electron chi connectivity index (χ3n) is 7.59. The van der Waals surface area contributed by atoms with Crippen molar-refractivity contribution < 1.29 is 14.3 Å². The fourth-order valence-electron chi connectivity index (χ4n) is 5.43. The zero-order valence-corrected chi connectivity index (χ0v) is 23.6. The number of rotatable bonds is 5. The minimum Gasteiger partial charge on any atom is -0.434 e. The van der Waals surface area contributed by atoms with Crippen molar-refractivity contribution in [2.45, 2.75) is 26.5 Å². The maximum atomic E-state index is 13.4. The number of benzene rings is 3. The number of fused-ring (bicyclic) bond motifs is 2. The minimum absolute atomic E-state index is 0.154. The molecule has 0 saturated carbocycles. The lowest BCUT2D eigenvalue weighted by Crippen LogP contribution is -2.27. The van der Waals surface area contributed by atoms with Crippen molar-refractivity contribution in [3.63, 3.8) is 0 Å². The molecule has 1 aliphatic rings. The number of hydrogen-bond donors (Lipinski definition) is 2. The van der Waals surface area contributed by atoms with Crippen LogP contribution in [0.1, 0.15) is 33.1 Å². The molecule has 1 aliphatic heterocycles. The average Bonchev–Trinajstić information content (AvgIpc) is 3.54. The molecular weight excluding hydrogens is 540 g/mol. The van der Waals surface area contributed by atoms with Crippen molar-refractivity contribution in [3.05, 3.63) is 93.3 Å². The Hall–Kier alpha value is -4.49. The van der Waals surface area contributed by atoms with Crippen LogP contribution in [0.5, 0.6) is 0 Å². The number of carbonyl (C=O) groups is 1. The summed E-state index contributed by atoms with van der Waals surface area (Å²) in [4.78, 5) is 28.6. The summed E-state index contributed by atoms with van der Waals surface area (Å²) in [6.45, 7) is 11.4. The maximum Gasteiger partial charge on any atom is 0.290 e. The Balaban J connectivity index is 1.37. The first-order chi connectivity index (χ1) is 19.8. The lowest BCUT2D eigenvalue weighted by molar-refractivity contribution is 0.101. The summed E-state index contributed by atoms with van der Waals surface area (Å²) in [6, 6.07) is 14.5. The Labute approximate surface area is 241 Å². The smallest absolute Gasteiger partial charge is 0.290 e. The molecule has 6 rings (SSSR count). The van der Waals surface area contributed by atoms with E-state index in [4.69, 9.17) is 22.6 Å². The summed E-state index contributed by atoms with van der Waals surface area (Å²) in [5.41, 5.74) is 7.43. The maximum absolute atomic E-state index is 13.4. The van der Waals surface area contributed by atoms with Crippen LogP contribution in [0, 0.1) is 13.5 Å². The number of nitrogens with one attached hydrogen (secondary N) is 1. The van der Waals surface area contributed by atoms with Gasteiger partial charge in [-0.05, 0) is 60.5 Å². The molecule has 5 aromatic rings. The second kappa shape index (κ2) is 10.5. The summed E-state index contributed by atoms with van der Waals surface area (Å²) < 4.78 is 7.89. The van der Waals surface area contributed by atoms with Crippen LogP contribution < -0.4 is 5.32 Å². The third kappa shape index (κ3) is 4.66. The van der Waals surface area contributed by atoms with Crippen molar-refractivity contribution in [1.29, 1.82) is 0 Å². The van der Waals surface area contributed by atoms with Gasteiger partial charge in [-0.2, -0.15) is 0 Å². The van der Waals surface area contributed by atoms with Crippen LogP contribution in [0.3, 0.4) is 0 Å². The Morgan fingerprint density at radius 3 is 2.68 bits per heavy atom. The molecule has 3 aromatic carbocycles. The number of likely N-dealkylation sites (N-methyl/N-ethyl adjacent to an activating group) is 1. The Morgan fingerprint density at radius 2 is 1.90 bits per heavy atom. The van der Waals surface area contributed by atoms with E-state index >= 15 is 0 Å². The molecule has 206 valence electrons. The number of carbonyl (C=O) groups excluding carboxylic acids is 1. The highest BCUT2D eigenvalue weighted by Gasteiger charge is 2.25. The number of halogens is 1. The van der Waals surface area contributed by atoms with E-state index in [1.54, 1.807) is 18.2 Å². The number of aromatic nitrogens is 3. The zero-order chi connectivity index (χ0) is 28.8. The number of oxazole rings is 1. The average molecular weight is 567 g/mol. The van der Waals surface area contributed by atoms with E-state index < -0.39 is 0 Å². The number of anilines is 1. The molecule has 0 saturated heterocycles. The second-order valence-electron chi connectivity index (χ2n) is 10.2. The number of para-hydroxylation sites is 1. The van der Waals surface area contributed by atoms with Crippen LogP contribution in [0.25, 0.3) is 38.5 Å². The van der Waals surface area contributed by atoms with E-state index in [2.05, 4.69) is 25.0 Å². The molecule has 0 radical (unpaired) electrons. The van der Waals surface area contributed by atoms with Crippen molar-refractivity contribution in [1.82, 2.24) is 19.4 Å². The van der Waals surface area contributed by atoms with Gasteiger partial charge >= 0.3 is 0 Å². The summed E-state index contributed by atoms with van der Waals surface area (Å²) in [7, 11) is 3.89. The second-order valence-corrected chi connectivity index (χ2v) is 10.6. The Morgan fingerprint density at radius 1 is 1.15 bits per heavy atom. The monoisotopic (exact) mass is 566 g/mol. The molecule has 0 aliphatic carbocycles. The van der Waals surface area contributed by atoms with Gasteiger partial charge in [-0.15, -0.1) is 0 Å². The summed E-state index contributed by atoms with van der Waals surface area (Å²) in [5, 5.41) is 12.8. The molecule has 9 nitrogen and oxygen atoms in total. The Bertz CT molecular complexity index is 1880. The normalized spacial score (nSPS) is 13.3. The third-order valence-corrected chi connectivity index (χ3v) is 7.87. The van der Waals surface area contributed by atoms with Gasteiger partial charge in [0.15, 0.2) is 11.4 Å². The highest BCUT2D eigenvalue weighted by atomic mass is 35.5. The summed E-state index contributed by atoms with van der Waals surface area (Å²) in [5.74, 6) is 0.348. The van der Waals surface area contributed by atoms with Crippen LogP contribution in [0.4, 0.5) is 11.4 Å². The zero-order valence-electron chi connectivity index (χ0n) is 22.8. The quantitative estimate of drug-likeness (QED) is 0.248. The topological polar surface area (TPSA) is 101 Å². The standard InChI is InChI=1S/C31H27ClN6O3/c1-17-19(7-5-8-20(17)31-36-24-14-18(16-39)13-22(32)28(24)41-31)21-9-6-10-23(27(21)33-2)35-30(40)29-34-25-15-37(3)12-11-26(25)38(29)4/h5-10,13-14,39H,11-12,15-16H2,1,3-4H3,(H,35,40). The molecular formula is C31H27ClN6O3. The van der Waals surface area contributed by atoms with Gasteiger partial charge in [-0.1, -0.05) is 35.9 Å². The fraction of sp³-hybridized carbons (Fsp3) is 0.226. The van der Waals surface area contributed by atoms with Gasteiger partial charge in [-0.3, -0.25) is 4.79 Å². The van der Waals surface area contributed by atoms with Crippen LogP contribution in [-0.4, -0.2) is 44.0 Å². The lowest BCUT2D eigenvalue weighted by atomic mass is 9.94. The highest BCUT2D eigenvalue weighted by molar-refractivity contribution is 6.34. The molecule has 0 spiro atoms. The highest BCUT2D eigenvalue weighted by Crippen LogP contribution is 2.41. The first-order valence-corrected chi connectivity index (χ1v) is 13.5. The molecule has 3 heterocycles. The van der Waals surface area contributed by atoms with Gasteiger partial charge in [-0.25, -0.2) is 14.8 Å². The van der Waals surface area contributed by atoms with Crippen LogP contribution in [0.15, 0.2) is 52.9 Å². The van der Waals surface area contributed by atoms with Gasteiger partial charge < -0.3 is 24.3 Å². The largest absolute Gasteiger partial charge is 0.434 e. The molecule has 0 fully saturated rings. The molecule has 1 amide bonds. The first kappa shape index (κ1) is 26.7. The van der Waals surface area contributed by atoms with Crippen molar-refractivity contribution in [2.24, 2.45) is 7.05 Å². The predicted molar refractivity (Wildman–Crippen MR) is 158 cm³/mol. The molecule has 10 heteroatoms. The summed E-state index contributed by atoms with van der Waals surface area (Å²) >= 11 is 6.38. The van der Waals surface area contributed by atoms with Crippen LogP contribution in [0.2, 0.25) is 5.02 Å². The molecule has 0 bridgehead atoms.